The van der Waals surface area contributed by atoms with Crippen molar-refractivity contribution in [1.82, 2.24) is 0 Å². The molecule has 1 heterocycles. The van der Waals surface area contributed by atoms with Gasteiger partial charge in [0.15, 0.2) is 0 Å². The van der Waals surface area contributed by atoms with E-state index in [0.29, 0.717) is 18.5 Å². The molecule has 0 amide bonds. The predicted molar refractivity (Wildman–Crippen MR) is 74.0 cm³/mol. The van der Waals surface area contributed by atoms with E-state index in [1.807, 2.05) is 19.1 Å². The van der Waals surface area contributed by atoms with Gasteiger partial charge >= 0.3 is 0 Å². The number of carbonyl (C=O) groups excluding carboxylic acids is 1. The highest BCUT2D eigenvalue weighted by atomic mass is 16.6. The quantitative estimate of drug-likeness (QED) is 0.476. The Morgan fingerprint density at radius 3 is 2.65 bits per heavy atom. The minimum Gasteiger partial charge on any atom is -0.464 e. The lowest BCUT2D eigenvalue weighted by molar-refractivity contribution is -0.384. The van der Waals surface area contributed by atoms with Crippen LogP contribution in [0.15, 0.2) is 34.7 Å². The molecular formula is C14H14N2O4. The Balaban J connectivity index is 2.31. The van der Waals surface area contributed by atoms with Crippen LogP contribution in [0.25, 0.3) is 0 Å². The van der Waals surface area contributed by atoms with E-state index < -0.39 is 4.92 Å². The summed E-state index contributed by atoms with van der Waals surface area (Å²) in [5.41, 5.74) is 0.623. The largest absolute Gasteiger partial charge is 0.464 e. The Hall–Kier alpha value is -2.63. The van der Waals surface area contributed by atoms with Crippen LogP contribution in [0, 0.1) is 17.0 Å². The maximum Gasteiger partial charge on any atom is 0.293 e. The first-order valence-electron chi connectivity index (χ1n) is 6.01. The molecule has 0 saturated carbocycles. The second kappa shape index (κ2) is 5.56. The van der Waals surface area contributed by atoms with Crippen LogP contribution in [0.2, 0.25) is 0 Å². The lowest BCUT2D eigenvalue weighted by Gasteiger charge is -2.17. The molecule has 1 aromatic carbocycles. The number of benzene rings is 1. The second-order valence-electron chi connectivity index (χ2n) is 4.49. The standard InChI is InChI=1S/C14H14N2O4/c1-10-3-5-12(20-10)8-15(2)13-6-4-11(9-17)7-14(13)16(18)19/h3-7,9H,8H2,1-2H3. The number of furan rings is 1. The van der Waals surface area contributed by atoms with E-state index in [1.54, 1.807) is 24.1 Å². The Labute approximate surface area is 115 Å². The van der Waals surface area contributed by atoms with Gasteiger partial charge in [0.1, 0.15) is 23.5 Å². The van der Waals surface area contributed by atoms with Crippen LogP contribution in [0.3, 0.4) is 0 Å². The molecule has 104 valence electrons. The molecule has 6 nitrogen and oxygen atoms in total. The van der Waals surface area contributed by atoms with E-state index >= 15 is 0 Å². The topological polar surface area (TPSA) is 76.6 Å². The van der Waals surface area contributed by atoms with Crippen molar-refractivity contribution in [2.24, 2.45) is 0 Å². The van der Waals surface area contributed by atoms with Crippen molar-refractivity contribution < 1.29 is 14.1 Å². The monoisotopic (exact) mass is 274 g/mol. The van der Waals surface area contributed by atoms with E-state index in [-0.39, 0.29) is 11.3 Å². The summed E-state index contributed by atoms with van der Waals surface area (Å²) in [6, 6.07) is 8.06. The van der Waals surface area contributed by atoms with Crippen LogP contribution in [0.4, 0.5) is 11.4 Å². The Morgan fingerprint density at radius 1 is 1.35 bits per heavy atom. The zero-order valence-corrected chi connectivity index (χ0v) is 11.2. The third-order valence-corrected chi connectivity index (χ3v) is 2.93. The summed E-state index contributed by atoms with van der Waals surface area (Å²) >= 11 is 0. The molecule has 2 rings (SSSR count). The molecule has 0 spiro atoms. The van der Waals surface area contributed by atoms with Crippen molar-refractivity contribution in [3.05, 3.63) is 57.5 Å². The maximum atomic E-state index is 11.1. The number of nitro groups is 1. The number of hydrogen-bond acceptors (Lipinski definition) is 5. The summed E-state index contributed by atoms with van der Waals surface area (Å²) in [7, 11) is 1.74. The summed E-state index contributed by atoms with van der Waals surface area (Å²) in [6.45, 7) is 2.25. The molecule has 0 unspecified atom stereocenters. The van der Waals surface area contributed by atoms with Gasteiger partial charge in [-0.15, -0.1) is 0 Å². The van der Waals surface area contributed by atoms with Crippen LogP contribution in [-0.4, -0.2) is 18.3 Å². The van der Waals surface area contributed by atoms with E-state index in [2.05, 4.69) is 0 Å². The SMILES string of the molecule is Cc1ccc(CN(C)c2ccc(C=O)cc2[N+](=O)[O-])o1. The smallest absolute Gasteiger partial charge is 0.293 e. The number of rotatable bonds is 5. The molecule has 6 heteroatoms. The highest BCUT2D eigenvalue weighted by Gasteiger charge is 2.18. The third kappa shape index (κ3) is 2.85. The Kier molecular flexibility index (Phi) is 3.84. The van der Waals surface area contributed by atoms with E-state index in [0.717, 1.165) is 11.5 Å². The number of anilines is 1. The average Bonchev–Trinajstić information content (AvgIpc) is 2.83. The lowest BCUT2D eigenvalue weighted by Crippen LogP contribution is -2.17. The summed E-state index contributed by atoms with van der Waals surface area (Å²) in [4.78, 5) is 23.0. The molecular weight excluding hydrogens is 260 g/mol. The van der Waals surface area contributed by atoms with Gasteiger partial charge in [0.05, 0.1) is 11.5 Å². The van der Waals surface area contributed by atoms with Crippen molar-refractivity contribution in [2.75, 3.05) is 11.9 Å². The number of aryl methyl sites for hydroxylation is 1. The fraction of sp³-hybridized carbons (Fsp3) is 0.214. The van der Waals surface area contributed by atoms with E-state index in [1.165, 1.54) is 6.07 Å². The Bertz CT molecular complexity index is 648. The molecule has 0 atom stereocenters. The zero-order valence-electron chi connectivity index (χ0n) is 11.2. The first-order valence-corrected chi connectivity index (χ1v) is 6.01. The van der Waals surface area contributed by atoms with Gasteiger partial charge in [0.25, 0.3) is 5.69 Å². The lowest BCUT2D eigenvalue weighted by atomic mass is 10.1. The predicted octanol–water partition coefficient (Wildman–Crippen LogP) is 2.95. The molecule has 0 radical (unpaired) electrons. The summed E-state index contributed by atoms with van der Waals surface area (Å²) in [6.07, 6.45) is 0.590. The van der Waals surface area contributed by atoms with Gasteiger partial charge in [-0.3, -0.25) is 14.9 Å². The zero-order chi connectivity index (χ0) is 14.7. The van der Waals surface area contributed by atoms with Gasteiger partial charge in [0, 0.05) is 18.7 Å². The number of hydrogen-bond donors (Lipinski definition) is 0. The molecule has 0 aliphatic carbocycles. The highest BCUT2D eigenvalue weighted by Crippen LogP contribution is 2.29. The van der Waals surface area contributed by atoms with Crippen LogP contribution < -0.4 is 4.90 Å². The number of nitrogens with zero attached hydrogens (tertiary/aromatic N) is 2. The van der Waals surface area contributed by atoms with E-state index in [4.69, 9.17) is 4.42 Å². The van der Waals surface area contributed by atoms with Crippen LogP contribution >= 0.6 is 0 Å². The first-order chi connectivity index (χ1) is 9.51. The Morgan fingerprint density at radius 2 is 2.10 bits per heavy atom. The molecule has 20 heavy (non-hydrogen) atoms. The second-order valence-corrected chi connectivity index (χ2v) is 4.49. The molecule has 0 saturated heterocycles. The normalized spacial score (nSPS) is 10.3. The van der Waals surface area contributed by atoms with Crippen LogP contribution in [0.5, 0.6) is 0 Å². The number of nitro benzene ring substituents is 1. The van der Waals surface area contributed by atoms with Gasteiger partial charge in [0.2, 0.25) is 0 Å². The van der Waals surface area contributed by atoms with E-state index in [9.17, 15) is 14.9 Å². The molecule has 1 aromatic heterocycles. The molecule has 0 aliphatic heterocycles. The minimum atomic E-state index is -0.494. The number of carbonyl (C=O) groups is 1. The molecule has 0 N–H and O–H groups in total. The third-order valence-electron chi connectivity index (χ3n) is 2.93. The van der Waals surface area contributed by atoms with Gasteiger partial charge in [-0.2, -0.15) is 0 Å². The van der Waals surface area contributed by atoms with Gasteiger partial charge in [-0.25, -0.2) is 0 Å². The fourth-order valence-corrected chi connectivity index (χ4v) is 1.97. The van der Waals surface area contributed by atoms with Gasteiger partial charge in [-0.1, -0.05) is 0 Å². The molecule has 0 aliphatic rings. The van der Waals surface area contributed by atoms with Gasteiger partial charge < -0.3 is 9.32 Å². The minimum absolute atomic E-state index is 0.0969. The van der Waals surface area contributed by atoms with Crippen molar-refractivity contribution in [2.45, 2.75) is 13.5 Å². The highest BCUT2D eigenvalue weighted by molar-refractivity contribution is 5.79. The summed E-state index contributed by atoms with van der Waals surface area (Å²) < 4.78 is 5.45. The first kappa shape index (κ1) is 13.8. The molecule has 2 aromatic rings. The van der Waals surface area contributed by atoms with Crippen molar-refractivity contribution in [3.8, 4) is 0 Å². The summed E-state index contributed by atoms with van der Waals surface area (Å²) in [5.74, 6) is 1.51. The maximum absolute atomic E-state index is 11.1. The molecule has 0 fully saturated rings. The average molecular weight is 274 g/mol. The van der Waals surface area contributed by atoms with Gasteiger partial charge in [-0.05, 0) is 31.2 Å². The number of aldehydes is 1. The van der Waals surface area contributed by atoms with Crippen LogP contribution in [0.1, 0.15) is 21.9 Å². The summed E-state index contributed by atoms with van der Waals surface area (Å²) in [5, 5.41) is 11.1. The molecule has 0 bridgehead atoms. The van der Waals surface area contributed by atoms with Crippen molar-refractivity contribution in [3.63, 3.8) is 0 Å². The fourth-order valence-electron chi connectivity index (χ4n) is 1.97. The van der Waals surface area contributed by atoms with Crippen molar-refractivity contribution in [1.29, 1.82) is 0 Å². The van der Waals surface area contributed by atoms with Crippen molar-refractivity contribution >= 4 is 17.7 Å². The van der Waals surface area contributed by atoms with Crippen LogP contribution in [-0.2, 0) is 6.54 Å².